The standard InChI is InChI=1S/C18H13F4NO2/c19-15-3-1-2-14(18(20,21)22)13(15)10-23-7-6-12-5-4-11(8-16(12)23)9-17(24)25/h1-8H,9-10H2,(H,24,25). The van der Waals surface area contributed by atoms with Crippen molar-refractivity contribution in [2.75, 3.05) is 0 Å². The summed E-state index contributed by atoms with van der Waals surface area (Å²) in [6.07, 6.45) is -3.30. The Hall–Kier alpha value is -2.83. The molecule has 0 unspecified atom stereocenters. The van der Waals surface area contributed by atoms with Crippen LogP contribution in [0.1, 0.15) is 16.7 Å². The summed E-state index contributed by atoms with van der Waals surface area (Å²) in [4.78, 5) is 10.8. The van der Waals surface area contributed by atoms with Gasteiger partial charge in [-0.05, 0) is 35.2 Å². The molecule has 0 aliphatic carbocycles. The van der Waals surface area contributed by atoms with Crippen LogP contribution < -0.4 is 0 Å². The van der Waals surface area contributed by atoms with Crippen LogP contribution in [0.5, 0.6) is 0 Å². The number of aliphatic carboxylic acids is 1. The van der Waals surface area contributed by atoms with Crippen LogP contribution in [-0.4, -0.2) is 15.6 Å². The Kier molecular flexibility index (Phi) is 4.24. The average molecular weight is 351 g/mol. The highest BCUT2D eigenvalue weighted by Crippen LogP contribution is 2.34. The van der Waals surface area contributed by atoms with E-state index in [-0.39, 0.29) is 13.0 Å². The number of alkyl halides is 3. The fourth-order valence-electron chi connectivity index (χ4n) is 2.81. The van der Waals surface area contributed by atoms with Gasteiger partial charge in [-0.3, -0.25) is 4.79 Å². The molecule has 7 heteroatoms. The second-order valence-electron chi connectivity index (χ2n) is 5.67. The number of benzene rings is 2. The quantitative estimate of drug-likeness (QED) is 0.705. The number of aromatic nitrogens is 1. The Bertz CT molecular complexity index is 944. The van der Waals surface area contributed by atoms with Gasteiger partial charge in [0, 0.05) is 17.3 Å². The van der Waals surface area contributed by atoms with Crippen molar-refractivity contribution in [1.82, 2.24) is 4.57 Å². The molecule has 3 aromatic rings. The largest absolute Gasteiger partial charge is 0.481 e. The van der Waals surface area contributed by atoms with Gasteiger partial charge in [0.1, 0.15) is 5.82 Å². The van der Waals surface area contributed by atoms with E-state index in [1.54, 1.807) is 30.5 Å². The molecule has 0 saturated heterocycles. The molecule has 3 rings (SSSR count). The molecule has 0 aliphatic heterocycles. The Morgan fingerprint density at radius 1 is 1.12 bits per heavy atom. The molecule has 0 spiro atoms. The molecule has 1 heterocycles. The molecular weight excluding hydrogens is 338 g/mol. The van der Waals surface area contributed by atoms with Crippen LogP contribution in [0.4, 0.5) is 17.6 Å². The minimum absolute atomic E-state index is 0.200. The van der Waals surface area contributed by atoms with Gasteiger partial charge in [-0.15, -0.1) is 0 Å². The van der Waals surface area contributed by atoms with E-state index in [2.05, 4.69) is 0 Å². The van der Waals surface area contributed by atoms with Crippen LogP contribution in [0.25, 0.3) is 10.9 Å². The number of carboxylic acid groups (broad SMARTS) is 1. The molecule has 0 aliphatic rings. The van der Waals surface area contributed by atoms with Gasteiger partial charge < -0.3 is 9.67 Å². The maximum Gasteiger partial charge on any atom is 0.416 e. The van der Waals surface area contributed by atoms with Crippen LogP contribution in [-0.2, 0) is 23.9 Å². The van der Waals surface area contributed by atoms with Crippen molar-refractivity contribution in [2.24, 2.45) is 0 Å². The molecule has 25 heavy (non-hydrogen) atoms. The minimum atomic E-state index is -4.66. The van der Waals surface area contributed by atoms with Crippen LogP contribution in [0.3, 0.4) is 0 Å². The summed E-state index contributed by atoms with van der Waals surface area (Å²) < 4.78 is 54.9. The van der Waals surface area contributed by atoms with Gasteiger partial charge in [0.25, 0.3) is 0 Å². The first-order valence-electron chi connectivity index (χ1n) is 7.40. The fourth-order valence-corrected chi connectivity index (χ4v) is 2.81. The van der Waals surface area contributed by atoms with Crippen molar-refractivity contribution in [3.63, 3.8) is 0 Å². The van der Waals surface area contributed by atoms with Crippen LogP contribution in [0, 0.1) is 5.82 Å². The molecule has 0 fully saturated rings. The lowest BCUT2D eigenvalue weighted by Crippen LogP contribution is -2.13. The third-order valence-corrected chi connectivity index (χ3v) is 3.95. The Morgan fingerprint density at radius 3 is 2.56 bits per heavy atom. The van der Waals surface area contributed by atoms with E-state index in [0.717, 1.165) is 23.6 Å². The van der Waals surface area contributed by atoms with Gasteiger partial charge in [-0.2, -0.15) is 13.2 Å². The molecule has 1 aromatic heterocycles. The zero-order valence-corrected chi connectivity index (χ0v) is 12.8. The van der Waals surface area contributed by atoms with Crippen LogP contribution >= 0.6 is 0 Å². The molecule has 0 atom stereocenters. The zero-order valence-electron chi connectivity index (χ0n) is 12.8. The number of fused-ring (bicyclic) bond motifs is 1. The van der Waals surface area contributed by atoms with Crippen molar-refractivity contribution >= 4 is 16.9 Å². The van der Waals surface area contributed by atoms with Crippen LogP contribution in [0.15, 0.2) is 48.7 Å². The topological polar surface area (TPSA) is 42.2 Å². The maximum absolute atomic E-state index is 14.0. The molecule has 0 saturated carbocycles. The molecule has 130 valence electrons. The number of hydrogen-bond acceptors (Lipinski definition) is 1. The van der Waals surface area contributed by atoms with Gasteiger partial charge in [0.15, 0.2) is 0 Å². The lowest BCUT2D eigenvalue weighted by atomic mass is 10.1. The molecule has 3 nitrogen and oxygen atoms in total. The van der Waals surface area contributed by atoms with Gasteiger partial charge in [-0.25, -0.2) is 4.39 Å². The van der Waals surface area contributed by atoms with Gasteiger partial charge >= 0.3 is 12.1 Å². The number of rotatable bonds is 4. The van der Waals surface area contributed by atoms with Crippen LogP contribution in [0.2, 0.25) is 0 Å². The van der Waals surface area contributed by atoms with E-state index in [1.807, 2.05) is 0 Å². The zero-order chi connectivity index (χ0) is 18.2. The predicted molar refractivity (Wildman–Crippen MR) is 83.8 cm³/mol. The average Bonchev–Trinajstić information content (AvgIpc) is 2.90. The summed E-state index contributed by atoms with van der Waals surface area (Å²) in [7, 11) is 0. The number of carbonyl (C=O) groups is 1. The van der Waals surface area contributed by atoms with Crippen molar-refractivity contribution in [2.45, 2.75) is 19.1 Å². The highest BCUT2D eigenvalue weighted by atomic mass is 19.4. The van der Waals surface area contributed by atoms with Gasteiger partial charge in [0.05, 0.1) is 18.5 Å². The first-order valence-corrected chi connectivity index (χ1v) is 7.40. The fraction of sp³-hybridized carbons (Fsp3) is 0.167. The van der Waals surface area contributed by atoms with E-state index in [4.69, 9.17) is 5.11 Å². The highest BCUT2D eigenvalue weighted by Gasteiger charge is 2.34. The molecule has 0 bridgehead atoms. The summed E-state index contributed by atoms with van der Waals surface area (Å²) >= 11 is 0. The van der Waals surface area contributed by atoms with Gasteiger partial charge in [0.2, 0.25) is 0 Å². The van der Waals surface area contributed by atoms with E-state index >= 15 is 0 Å². The van der Waals surface area contributed by atoms with Crippen molar-refractivity contribution < 1.29 is 27.5 Å². The van der Waals surface area contributed by atoms with E-state index in [1.165, 1.54) is 4.57 Å². The summed E-state index contributed by atoms with van der Waals surface area (Å²) in [6.45, 7) is -0.304. The molecule has 1 N–H and O–H groups in total. The Labute approximate surface area is 140 Å². The third kappa shape index (κ3) is 3.50. The summed E-state index contributed by atoms with van der Waals surface area (Å²) in [5, 5.41) is 9.61. The van der Waals surface area contributed by atoms with Crippen molar-refractivity contribution in [3.05, 3.63) is 71.2 Å². The molecular formula is C18H13F4NO2. The third-order valence-electron chi connectivity index (χ3n) is 3.95. The SMILES string of the molecule is O=C(O)Cc1ccc2ccn(Cc3c(F)cccc3C(F)(F)F)c2c1. The van der Waals surface area contributed by atoms with E-state index < -0.39 is 29.1 Å². The monoisotopic (exact) mass is 351 g/mol. The van der Waals surface area contributed by atoms with Gasteiger partial charge in [-0.1, -0.05) is 18.2 Å². The molecule has 0 amide bonds. The molecule has 2 aromatic carbocycles. The van der Waals surface area contributed by atoms with Crippen molar-refractivity contribution in [1.29, 1.82) is 0 Å². The Morgan fingerprint density at radius 2 is 1.88 bits per heavy atom. The predicted octanol–water partition coefficient (Wildman–Crippen LogP) is 4.47. The number of hydrogen-bond donors (Lipinski definition) is 1. The number of halogens is 4. The summed E-state index contributed by atoms with van der Waals surface area (Å²) in [6, 6.07) is 9.49. The van der Waals surface area contributed by atoms with Crippen molar-refractivity contribution in [3.8, 4) is 0 Å². The number of nitrogens with zero attached hydrogens (tertiary/aromatic N) is 1. The van der Waals surface area contributed by atoms with E-state index in [9.17, 15) is 22.4 Å². The van der Waals surface area contributed by atoms with E-state index in [0.29, 0.717) is 11.1 Å². The highest BCUT2D eigenvalue weighted by molar-refractivity contribution is 5.82. The Balaban J connectivity index is 2.06. The second kappa shape index (κ2) is 6.23. The minimum Gasteiger partial charge on any atom is -0.481 e. The maximum atomic E-state index is 14.0. The first kappa shape index (κ1) is 17.0. The molecule has 0 radical (unpaired) electrons. The lowest BCUT2D eigenvalue weighted by Gasteiger charge is -2.15. The first-order chi connectivity index (χ1) is 11.8. The summed E-state index contributed by atoms with van der Waals surface area (Å²) in [5.74, 6) is -1.94. The lowest BCUT2D eigenvalue weighted by molar-refractivity contribution is -0.138. The summed E-state index contributed by atoms with van der Waals surface area (Å²) in [5.41, 5.74) is -0.396. The normalized spacial score (nSPS) is 11.8. The smallest absolute Gasteiger partial charge is 0.416 e. The number of carboxylic acids is 1. The second-order valence-corrected chi connectivity index (χ2v) is 5.67.